The lowest BCUT2D eigenvalue weighted by Gasteiger charge is -2.31. The second kappa shape index (κ2) is 4.19. The average molecular weight is 301 g/mol. The van der Waals surface area contributed by atoms with Crippen LogP contribution in [0.2, 0.25) is 0 Å². The Balaban J connectivity index is 3.43. The lowest BCUT2D eigenvalue weighted by Crippen LogP contribution is -2.61. The number of rotatable bonds is 2. The molecule has 0 aromatic heterocycles. The summed E-state index contributed by atoms with van der Waals surface area (Å²) in [5.41, 5.74) is -5.04. The molecule has 106 valence electrons. The molecule has 1 amide bonds. The summed E-state index contributed by atoms with van der Waals surface area (Å²) < 4.78 is 90.2. The number of carbonyl (C=O) groups is 1. The van der Waals surface area contributed by atoms with Crippen molar-refractivity contribution in [2.24, 2.45) is 4.74 Å². The van der Waals surface area contributed by atoms with E-state index < -0.39 is 31.6 Å². The van der Waals surface area contributed by atoms with E-state index in [1.54, 1.807) is 0 Å². The van der Waals surface area contributed by atoms with Crippen LogP contribution in [-0.4, -0.2) is 38.1 Å². The van der Waals surface area contributed by atoms with Crippen LogP contribution < -0.4 is 0 Å². The molecule has 0 aromatic rings. The van der Waals surface area contributed by atoms with Gasteiger partial charge in [0.1, 0.15) is 0 Å². The minimum absolute atomic E-state index is 0.719. The topological polar surface area (TPSA) is 57.1 Å². The molecule has 0 bridgehead atoms. The van der Waals surface area contributed by atoms with Gasteiger partial charge in [0.2, 0.25) is 0 Å². The van der Waals surface area contributed by atoms with Crippen LogP contribution in [0.15, 0.2) is 4.74 Å². The highest BCUT2D eigenvalue weighted by molar-refractivity contribution is 7.52. The number of alkyl halides is 6. The highest BCUT2D eigenvalue weighted by Gasteiger charge is 2.81. The molecule has 0 fully saturated rings. The zero-order valence-corrected chi connectivity index (χ0v) is 9.69. The molecule has 5 nitrogen and oxygen atoms in total. The molecule has 1 aliphatic heterocycles. The molecule has 1 heterocycles. The van der Waals surface area contributed by atoms with Gasteiger partial charge in [0.05, 0.1) is 0 Å². The van der Waals surface area contributed by atoms with Crippen LogP contribution in [0.4, 0.5) is 26.3 Å². The van der Waals surface area contributed by atoms with Crippen LogP contribution in [0.1, 0.15) is 0 Å². The molecule has 0 atom stereocenters. The summed E-state index contributed by atoms with van der Waals surface area (Å²) in [4.78, 5) is 11.1. The van der Waals surface area contributed by atoms with Crippen molar-refractivity contribution in [1.29, 1.82) is 0 Å². The number of halogens is 6. The molecular weight excluding hydrogens is 295 g/mol. The van der Waals surface area contributed by atoms with Crippen LogP contribution in [0.5, 0.6) is 0 Å². The molecule has 0 saturated heterocycles. The van der Waals surface area contributed by atoms with E-state index in [1.165, 1.54) is 0 Å². The Morgan fingerprint density at radius 2 is 1.50 bits per heavy atom. The van der Waals surface area contributed by atoms with Crippen molar-refractivity contribution in [1.82, 2.24) is 0 Å². The summed E-state index contributed by atoms with van der Waals surface area (Å²) in [7, 11) is -2.91. The normalized spacial score (nSPS) is 23.0. The van der Waals surface area contributed by atoms with Crippen molar-refractivity contribution in [2.75, 3.05) is 14.2 Å². The van der Waals surface area contributed by atoms with Crippen molar-refractivity contribution >= 4 is 13.6 Å². The predicted octanol–water partition coefficient (Wildman–Crippen LogP) is 2.65. The Morgan fingerprint density at radius 1 is 1.11 bits per heavy atom. The van der Waals surface area contributed by atoms with Gasteiger partial charge in [-0.05, 0) is 0 Å². The summed E-state index contributed by atoms with van der Waals surface area (Å²) in [6.07, 6.45) is -12.1. The third-order valence-electron chi connectivity index (χ3n) is 2.03. The Hall–Kier alpha value is -0.640. The van der Waals surface area contributed by atoms with E-state index in [9.17, 15) is 31.1 Å². The molecule has 1 aliphatic rings. The van der Waals surface area contributed by atoms with Gasteiger partial charge in [-0.15, -0.1) is 0 Å². The second-order valence-corrected chi connectivity index (χ2v) is 5.06. The van der Waals surface area contributed by atoms with E-state index in [0.29, 0.717) is 0 Å². The van der Waals surface area contributed by atoms with Crippen LogP contribution in [0, 0.1) is 0 Å². The molecule has 0 aromatic carbocycles. The fourth-order valence-corrected chi connectivity index (χ4v) is 2.65. The number of hydrogen-bond donors (Lipinski definition) is 0. The summed E-state index contributed by atoms with van der Waals surface area (Å²) in [5, 5.41) is 0. The van der Waals surface area contributed by atoms with Gasteiger partial charge < -0.3 is 9.05 Å². The third-order valence-corrected chi connectivity index (χ3v) is 3.88. The zero-order valence-electron chi connectivity index (χ0n) is 8.80. The van der Waals surface area contributed by atoms with Crippen molar-refractivity contribution in [3.8, 4) is 0 Å². The van der Waals surface area contributed by atoms with Gasteiger partial charge in [-0.25, -0.2) is 0 Å². The number of carbonyl (C=O) groups excluding carboxylic acids is 1. The number of nitrogens with zero attached hydrogens (tertiary/aromatic N) is 1. The smallest absolute Gasteiger partial charge is 0.306 e. The predicted molar refractivity (Wildman–Crippen MR) is 44.3 cm³/mol. The Labute approximate surface area is 96.3 Å². The van der Waals surface area contributed by atoms with E-state index in [2.05, 4.69) is 18.3 Å². The van der Waals surface area contributed by atoms with Gasteiger partial charge in [0.15, 0.2) is 0 Å². The summed E-state index contributed by atoms with van der Waals surface area (Å²) in [5.74, 6) is -2.54. The minimum Gasteiger partial charge on any atom is -0.306 e. The number of hydrogen-bond acceptors (Lipinski definition) is 4. The molecule has 0 radical (unpaired) electrons. The van der Waals surface area contributed by atoms with Crippen LogP contribution >= 0.6 is 7.74 Å². The van der Waals surface area contributed by atoms with Crippen molar-refractivity contribution in [2.45, 2.75) is 18.0 Å². The molecule has 18 heavy (non-hydrogen) atoms. The first-order valence-corrected chi connectivity index (χ1v) is 5.58. The van der Waals surface area contributed by atoms with E-state index in [4.69, 9.17) is 0 Å². The van der Waals surface area contributed by atoms with E-state index >= 15 is 0 Å². The first kappa shape index (κ1) is 15.4. The highest BCUT2D eigenvalue weighted by Crippen LogP contribution is 2.66. The highest BCUT2D eigenvalue weighted by atomic mass is 31.2. The Bertz CT molecular complexity index is 393. The molecule has 0 saturated carbocycles. The van der Waals surface area contributed by atoms with E-state index in [1.807, 2.05) is 0 Å². The first-order valence-electron chi connectivity index (χ1n) is 4.08. The maximum absolute atomic E-state index is 12.6. The maximum Gasteiger partial charge on any atom is 0.436 e. The maximum atomic E-state index is 12.6. The van der Waals surface area contributed by atoms with Gasteiger partial charge in [-0.2, -0.15) is 31.1 Å². The summed E-state index contributed by atoms with van der Waals surface area (Å²) in [6, 6.07) is 0. The van der Waals surface area contributed by atoms with E-state index in [0.717, 1.165) is 14.2 Å². The van der Waals surface area contributed by atoms with Crippen molar-refractivity contribution in [3.63, 3.8) is 0 Å². The molecule has 12 heteroatoms. The van der Waals surface area contributed by atoms with Crippen LogP contribution in [-0.2, 0) is 18.4 Å². The summed E-state index contributed by atoms with van der Waals surface area (Å²) in [6.45, 7) is 0. The SMILES string of the molecule is COP1(OC)=NC(=O)C(C(F)(F)F)(C(F)(F)F)O1. The number of amides is 1. The zero-order chi connectivity index (χ0) is 14.4. The molecular formula is C6H6F6NO4P. The quantitative estimate of drug-likeness (QED) is 0.581. The molecule has 0 spiro atoms. The third kappa shape index (κ3) is 1.94. The fraction of sp³-hybridized carbons (Fsp3) is 0.833. The lowest BCUT2D eigenvalue weighted by molar-refractivity contribution is -0.338. The Morgan fingerprint density at radius 3 is 1.67 bits per heavy atom. The first-order chi connectivity index (χ1) is 7.96. The monoisotopic (exact) mass is 301 g/mol. The van der Waals surface area contributed by atoms with E-state index in [-0.39, 0.29) is 0 Å². The molecule has 1 rings (SSSR count). The molecule has 0 aliphatic carbocycles. The Kier molecular flexibility index (Phi) is 3.59. The molecule has 0 unspecified atom stereocenters. The minimum atomic E-state index is -6.04. The fourth-order valence-electron chi connectivity index (χ4n) is 1.15. The van der Waals surface area contributed by atoms with Gasteiger partial charge in [0, 0.05) is 14.2 Å². The van der Waals surface area contributed by atoms with Gasteiger partial charge in [-0.1, -0.05) is 0 Å². The van der Waals surface area contributed by atoms with Gasteiger partial charge >= 0.3 is 31.6 Å². The standard InChI is InChI=1S/C6H6F6NO4P/c1-15-18(16-2)13-3(14)4(17-18,5(7,8)9)6(10,11)12/h1-2H3. The second-order valence-electron chi connectivity index (χ2n) is 3.01. The van der Waals surface area contributed by atoms with Gasteiger partial charge in [0.25, 0.3) is 0 Å². The van der Waals surface area contributed by atoms with Crippen LogP contribution in [0.25, 0.3) is 0 Å². The van der Waals surface area contributed by atoms with Crippen LogP contribution in [0.3, 0.4) is 0 Å². The summed E-state index contributed by atoms with van der Waals surface area (Å²) >= 11 is 0. The van der Waals surface area contributed by atoms with Crippen molar-refractivity contribution in [3.05, 3.63) is 0 Å². The average Bonchev–Trinajstić information content (AvgIpc) is 2.52. The van der Waals surface area contributed by atoms with Crippen molar-refractivity contribution < 1.29 is 44.7 Å². The lowest BCUT2D eigenvalue weighted by atomic mass is 10.0. The van der Waals surface area contributed by atoms with Gasteiger partial charge in [-0.3, -0.25) is 9.32 Å². The molecule has 0 N–H and O–H groups in total. The largest absolute Gasteiger partial charge is 0.436 e.